The van der Waals surface area contributed by atoms with E-state index in [1.54, 1.807) is 6.07 Å². The summed E-state index contributed by atoms with van der Waals surface area (Å²) in [5.41, 5.74) is 1.95. The molecule has 0 spiro atoms. The molecule has 4 heteroatoms. The van der Waals surface area contributed by atoms with Gasteiger partial charge >= 0.3 is 0 Å². The summed E-state index contributed by atoms with van der Waals surface area (Å²) in [6.45, 7) is 1.81. The first-order valence-corrected chi connectivity index (χ1v) is 6.65. The smallest absolute Gasteiger partial charge is 0.264 e. The molecule has 102 valence electrons. The molecule has 4 rings (SSSR count). The summed E-state index contributed by atoms with van der Waals surface area (Å²) in [5, 5.41) is 2.33. The van der Waals surface area contributed by atoms with Gasteiger partial charge in [0.05, 0.1) is 16.6 Å². The van der Waals surface area contributed by atoms with Crippen molar-refractivity contribution >= 4 is 27.2 Å². The summed E-state index contributed by atoms with van der Waals surface area (Å²) in [5.74, 6) is -0.435. The van der Waals surface area contributed by atoms with Gasteiger partial charge in [0.25, 0.3) is 5.56 Å². The van der Waals surface area contributed by atoms with Gasteiger partial charge < -0.3 is 0 Å². The van der Waals surface area contributed by atoms with Gasteiger partial charge in [0, 0.05) is 22.5 Å². The Hall–Kier alpha value is -2.75. The van der Waals surface area contributed by atoms with E-state index in [9.17, 15) is 9.18 Å². The maximum absolute atomic E-state index is 13.4. The van der Waals surface area contributed by atoms with Crippen LogP contribution in [-0.2, 0) is 0 Å². The maximum atomic E-state index is 13.4. The minimum atomic E-state index is -0.435. The molecule has 3 nitrogen and oxygen atoms in total. The zero-order valence-electron chi connectivity index (χ0n) is 11.3. The molecule has 3 heterocycles. The van der Waals surface area contributed by atoms with Crippen molar-refractivity contribution < 1.29 is 4.39 Å². The molecule has 0 fully saturated rings. The molecule has 0 amide bonds. The number of pyridine rings is 3. The first-order chi connectivity index (χ1) is 10.1. The number of hydrogen-bond acceptors (Lipinski definition) is 2. The molecule has 0 saturated carbocycles. The van der Waals surface area contributed by atoms with Crippen molar-refractivity contribution in [3.05, 3.63) is 70.5 Å². The van der Waals surface area contributed by atoms with Gasteiger partial charge in [-0.1, -0.05) is 18.2 Å². The summed E-state index contributed by atoms with van der Waals surface area (Å²) >= 11 is 0. The Morgan fingerprint density at radius 1 is 1.10 bits per heavy atom. The van der Waals surface area contributed by atoms with Crippen molar-refractivity contribution in [2.45, 2.75) is 6.92 Å². The number of fused-ring (bicyclic) bond motifs is 4. The highest BCUT2D eigenvalue weighted by atomic mass is 19.1. The van der Waals surface area contributed by atoms with Gasteiger partial charge in [0.15, 0.2) is 0 Å². The van der Waals surface area contributed by atoms with Crippen LogP contribution in [-0.4, -0.2) is 9.38 Å². The van der Waals surface area contributed by atoms with Crippen LogP contribution in [0.5, 0.6) is 0 Å². The number of rotatable bonds is 0. The summed E-state index contributed by atoms with van der Waals surface area (Å²) in [7, 11) is 0. The van der Waals surface area contributed by atoms with Crippen molar-refractivity contribution in [2.24, 2.45) is 0 Å². The Kier molecular flexibility index (Phi) is 2.36. The predicted molar refractivity (Wildman–Crippen MR) is 81.2 cm³/mol. The van der Waals surface area contributed by atoms with Crippen LogP contribution in [0.4, 0.5) is 4.39 Å². The number of aromatic nitrogens is 2. The van der Waals surface area contributed by atoms with Gasteiger partial charge in [-0.25, -0.2) is 4.39 Å². The second-order valence-electron chi connectivity index (χ2n) is 5.09. The molecule has 4 aromatic rings. The molecule has 0 aliphatic carbocycles. The predicted octanol–water partition coefficient (Wildman–Crippen LogP) is 3.45. The monoisotopic (exact) mass is 278 g/mol. The zero-order chi connectivity index (χ0) is 14.6. The van der Waals surface area contributed by atoms with Crippen molar-refractivity contribution in [1.29, 1.82) is 0 Å². The van der Waals surface area contributed by atoms with Crippen LogP contribution >= 0.6 is 0 Å². The van der Waals surface area contributed by atoms with E-state index < -0.39 is 5.82 Å². The fraction of sp³-hybridized carbons (Fsp3) is 0.0588. The van der Waals surface area contributed by atoms with E-state index in [1.165, 1.54) is 16.7 Å². The van der Waals surface area contributed by atoms with Gasteiger partial charge in [0.2, 0.25) is 0 Å². The Labute approximate surface area is 119 Å². The van der Waals surface area contributed by atoms with Crippen LogP contribution < -0.4 is 5.56 Å². The topological polar surface area (TPSA) is 34.4 Å². The Morgan fingerprint density at radius 3 is 2.76 bits per heavy atom. The molecule has 0 N–H and O–H groups in total. The number of hydrogen-bond donors (Lipinski definition) is 0. The highest BCUT2D eigenvalue weighted by molar-refractivity contribution is 6.07. The third-order valence-corrected chi connectivity index (χ3v) is 3.78. The van der Waals surface area contributed by atoms with E-state index in [4.69, 9.17) is 0 Å². The lowest BCUT2D eigenvalue weighted by Gasteiger charge is -2.09. The fourth-order valence-electron chi connectivity index (χ4n) is 2.83. The van der Waals surface area contributed by atoms with Crippen molar-refractivity contribution in [1.82, 2.24) is 9.38 Å². The highest BCUT2D eigenvalue weighted by Crippen LogP contribution is 2.25. The van der Waals surface area contributed by atoms with Crippen molar-refractivity contribution in [3.8, 4) is 0 Å². The SMILES string of the molecule is Cc1nc2ccccc2c2cc3ccc(F)cn3c(=O)c12. The number of halogens is 1. The van der Waals surface area contributed by atoms with Crippen LogP contribution in [0, 0.1) is 12.7 Å². The molecular weight excluding hydrogens is 267 g/mol. The maximum Gasteiger partial charge on any atom is 0.264 e. The quantitative estimate of drug-likeness (QED) is 0.365. The lowest BCUT2D eigenvalue weighted by molar-refractivity contribution is 0.618. The minimum absolute atomic E-state index is 0.238. The third kappa shape index (κ3) is 1.65. The first-order valence-electron chi connectivity index (χ1n) is 6.65. The third-order valence-electron chi connectivity index (χ3n) is 3.78. The average Bonchev–Trinajstić information content (AvgIpc) is 2.48. The lowest BCUT2D eigenvalue weighted by Crippen LogP contribution is -2.15. The standard InChI is InChI=1S/C17H11FN2O/c1-10-16-14(13-4-2-3-5-15(13)19-10)8-12-7-6-11(18)9-20(12)17(16)21/h2-9H,1H3. The van der Waals surface area contributed by atoms with Crippen molar-refractivity contribution in [2.75, 3.05) is 0 Å². The molecular formula is C17H11FN2O. The van der Waals surface area contributed by atoms with E-state index in [2.05, 4.69) is 4.98 Å². The Balaban J connectivity index is 2.36. The highest BCUT2D eigenvalue weighted by Gasteiger charge is 2.11. The van der Waals surface area contributed by atoms with Gasteiger partial charge in [-0.2, -0.15) is 0 Å². The number of nitrogens with zero attached hydrogens (tertiary/aromatic N) is 2. The molecule has 0 radical (unpaired) electrons. The fourth-order valence-corrected chi connectivity index (χ4v) is 2.83. The normalized spacial score (nSPS) is 11.5. The molecule has 0 aliphatic heterocycles. The molecule has 0 saturated heterocycles. The second kappa shape index (κ2) is 4.12. The van der Waals surface area contributed by atoms with Crippen molar-refractivity contribution in [3.63, 3.8) is 0 Å². The molecule has 0 atom stereocenters. The number of para-hydroxylation sites is 1. The summed E-state index contributed by atoms with van der Waals surface area (Å²) in [4.78, 5) is 17.1. The summed E-state index contributed by atoms with van der Waals surface area (Å²) in [6, 6.07) is 12.6. The Morgan fingerprint density at radius 2 is 1.90 bits per heavy atom. The van der Waals surface area contributed by atoms with E-state index in [0.29, 0.717) is 16.6 Å². The van der Waals surface area contributed by atoms with Gasteiger partial charge in [0.1, 0.15) is 5.82 Å². The summed E-state index contributed by atoms with van der Waals surface area (Å²) < 4.78 is 14.7. The average molecular weight is 278 g/mol. The zero-order valence-corrected chi connectivity index (χ0v) is 11.3. The number of benzene rings is 1. The lowest BCUT2D eigenvalue weighted by atomic mass is 10.1. The van der Waals surface area contributed by atoms with E-state index in [0.717, 1.165) is 16.3 Å². The number of aryl methyl sites for hydroxylation is 1. The van der Waals surface area contributed by atoms with Crippen LogP contribution in [0.3, 0.4) is 0 Å². The van der Waals surface area contributed by atoms with Crippen LogP contribution in [0.15, 0.2) is 53.5 Å². The molecule has 0 aliphatic rings. The summed E-state index contributed by atoms with van der Waals surface area (Å²) in [6.07, 6.45) is 1.21. The second-order valence-corrected chi connectivity index (χ2v) is 5.09. The van der Waals surface area contributed by atoms with E-state index >= 15 is 0 Å². The van der Waals surface area contributed by atoms with E-state index in [1.807, 2.05) is 37.3 Å². The van der Waals surface area contributed by atoms with Crippen LogP contribution in [0.25, 0.3) is 27.2 Å². The van der Waals surface area contributed by atoms with Gasteiger partial charge in [-0.05, 0) is 31.2 Å². The van der Waals surface area contributed by atoms with Gasteiger partial charge in [-0.3, -0.25) is 14.2 Å². The molecule has 1 aromatic carbocycles. The van der Waals surface area contributed by atoms with Crippen LogP contribution in [0.1, 0.15) is 5.69 Å². The largest absolute Gasteiger partial charge is 0.281 e. The molecule has 21 heavy (non-hydrogen) atoms. The first kappa shape index (κ1) is 12.0. The molecule has 0 unspecified atom stereocenters. The van der Waals surface area contributed by atoms with Gasteiger partial charge in [-0.15, -0.1) is 0 Å². The minimum Gasteiger partial charge on any atom is -0.281 e. The van der Waals surface area contributed by atoms with E-state index in [-0.39, 0.29) is 5.56 Å². The molecule has 0 bridgehead atoms. The van der Waals surface area contributed by atoms with Crippen LogP contribution in [0.2, 0.25) is 0 Å². The Bertz CT molecular complexity index is 1080. The molecule has 3 aromatic heterocycles.